The first-order valence-electron chi connectivity index (χ1n) is 8.99. The summed E-state index contributed by atoms with van der Waals surface area (Å²) in [7, 11) is 0. The van der Waals surface area contributed by atoms with Crippen LogP contribution >= 0.6 is 11.3 Å². The van der Waals surface area contributed by atoms with Gasteiger partial charge in [0.1, 0.15) is 10.6 Å². The topological polar surface area (TPSA) is 51.1 Å². The summed E-state index contributed by atoms with van der Waals surface area (Å²) >= 11 is 1.67. The second kappa shape index (κ2) is 7.06. The van der Waals surface area contributed by atoms with Crippen LogP contribution < -0.4 is 4.90 Å². The van der Waals surface area contributed by atoms with Crippen molar-refractivity contribution in [1.82, 2.24) is 15.0 Å². The Hall–Kier alpha value is -2.83. The second-order valence-electron chi connectivity index (χ2n) is 6.38. The number of ether oxygens (including phenoxy) is 1. The van der Waals surface area contributed by atoms with Gasteiger partial charge in [-0.05, 0) is 18.2 Å². The Morgan fingerprint density at radius 2 is 1.74 bits per heavy atom. The fourth-order valence-electron chi connectivity index (χ4n) is 3.27. The van der Waals surface area contributed by atoms with E-state index >= 15 is 0 Å². The molecular formula is C21H18N4OS. The molecule has 0 atom stereocenters. The lowest BCUT2D eigenvalue weighted by molar-refractivity contribution is 0.122. The molecule has 0 amide bonds. The van der Waals surface area contributed by atoms with Crippen molar-refractivity contribution < 1.29 is 4.74 Å². The van der Waals surface area contributed by atoms with Crippen molar-refractivity contribution >= 4 is 27.4 Å². The van der Waals surface area contributed by atoms with Crippen LogP contribution in [0.1, 0.15) is 0 Å². The van der Waals surface area contributed by atoms with Gasteiger partial charge in [0.15, 0.2) is 5.82 Å². The molecule has 1 aliphatic heterocycles. The van der Waals surface area contributed by atoms with Crippen LogP contribution in [0.5, 0.6) is 0 Å². The molecule has 4 aromatic rings. The summed E-state index contributed by atoms with van der Waals surface area (Å²) < 4.78 is 5.53. The van der Waals surface area contributed by atoms with Crippen molar-refractivity contribution in [3.8, 4) is 22.0 Å². The third-order valence-corrected chi connectivity index (χ3v) is 5.68. The van der Waals surface area contributed by atoms with E-state index in [0.29, 0.717) is 0 Å². The van der Waals surface area contributed by atoms with Crippen molar-refractivity contribution in [3.05, 3.63) is 60.8 Å². The number of nitrogens with zero attached hydrogens (tertiary/aromatic N) is 4. The lowest BCUT2D eigenvalue weighted by atomic mass is 10.2. The van der Waals surface area contributed by atoms with Crippen molar-refractivity contribution in [2.24, 2.45) is 0 Å². The van der Waals surface area contributed by atoms with Gasteiger partial charge < -0.3 is 9.64 Å². The molecule has 5 rings (SSSR count). The average Bonchev–Trinajstić information content (AvgIpc) is 3.19. The number of hydrogen-bond acceptors (Lipinski definition) is 6. The summed E-state index contributed by atoms with van der Waals surface area (Å²) in [6.45, 7) is 3.14. The Kier molecular flexibility index (Phi) is 4.27. The zero-order valence-corrected chi connectivity index (χ0v) is 15.5. The Labute approximate surface area is 161 Å². The molecule has 0 bridgehead atoms. The molecule has 0 unspecified atom stereocenters. The van der Waals surface area contributed by atoms with E-state index in [1.807, 2.05) is 42.6 Å². The molecule has 0 spiro atoms. The highest BCUT2D eigenvalue weighted by atomic mass is 32.1. The standard InChI is InChI=1S/C21H18N4OS/c1-2-6-15(7-3-1)19-23-20(25-10-12-26-13-11-25)16-14-18(27-21(16)24-19)17-8-4-5-9-22-17/h1-9,14H,10-13H2. The first-order valence-corrected chi connectivity index (χ1v) is 9.81. The Balaban J connectivity index is 1.69. The first-order chi connectivity index (χ1) is 13.4. The van der Waals surface area contributed by atoms with Crippen LogP contribution in [0.3, 0.4) is 0 Å². The van der Waals surface area contributed by atoms with E-state index in [1.54, 1.807) is 11.3 Å². The molecule has 134 valence electrons. The number of anilines is 1. The van der Waals surface area contributed by atoms with Crippen molar-refractivity contribution in [2.75, 3.05) is 31.2 Å². The summed E-state index contributed by atoms with van der Waals surface area (Å²) in [4.78, 5) is 18.7. The van der Waals surface area contributed by atoms with Crippen LogP contribution in [0.4, 0.5) is 5.82 Å². The SMILES string of the molecule is c1ccc(-c2nc(N3CCOCC3)c3cc(-c4ccccn4)sc3n2)cc1. The van der Waals surface area contributed by atoms with Gasteiger partial charge in [0.05, 0.1) is 29.2 Å². The number of aromatic nitrogens is 3. The summed E-state index contributed by atoms with van der Waals surface area (Å²) in [5.41, 5.74) is 2.00. The van der Waals surface area contributed by atoms with Gasteiger partial charge in [0, 0.05) is 24.8 Å². The van der Waals surface area contributed by atoms with Crippen LogP contribution in [0.25, 0.3) is 32.2 Å². The molecule has 5 nitrogen and oxygen atoms in total. The highest BCUT2D eigenvalue weighted by molar-refractivity contribution is 7.21. The molecule has 4 heterocycles. The molecule has 0 aliphatic carbocycles. The number of hydrogen-bond donors (Lipinski definition) is 0. The van der Waals surface area contributed by atoms with Gasteiger partial charge in [0.25, 0.3) is 0 Å². The lowest BCUT2D eigenvalue weighted by Gasteiger charge is -2.28. The highest BCUT2D eigenvalue weighted by Crippen LogP contribution is 2.37. The van der Waals surface area contributed by atoms with Crippen LogP contribution in [0, 0.1) is 0 Å². The largest absolute Gasteiger partial charge is 0.378 e. The molecule has 0 N–H and O–H groups in total. The van der Waals surface area contributed by atoms with Gasteiger partial charge in [-0.3, -0.25) is 4.98 Å². The monoisotopic (exact) mass is 374 g/mol. The van der Waals surface area contributed by atoms with Crippen molar-refractivity contribution in [2.45, 2.75) is 0 Å². The maximum atomic E-state index is 5.53. The van der Waals surface area contributed by atoms with Crippen LogP contribution in [-0.4, -0.2) is 41.3 Å². The van der Waals surface area contributed by atoms with Crippen molar-refractivity contribution in [3.63, 3.8) is 0 Å². The Morgan fingerprint density at radius 1 is 0.926 bits per heavy atom. The molecular weight excluding hydrogens is 356 g/mol. The van der Waals surface area contributed by atoms with E-state index in [1.165, 1.54) is 0 Å². The number of morpholine rings is 1. The molecule has 3 aromatic heterocycles. The second-order valence-corrected chi connectivity index (χ2v) is 7.41. The van der Waals surface area contributed by atoms with Crippen LogP contribution in [0.2, 0.25) is 0 Å². The van der Waals surface area contributed by atoms with Crippen molar-refractivity contribution in [1.29, 1.82) is 0 Å². The van der Waals surface area contributed by atoms with E-state index in [-0.39, 0.29) is 0 Å². The Morgan fingerprint density at radius 3 is 2.52 bits per heavy atom. The minimum Gasteiger partial charge on any atom is -0.378 e. The quantitative estimate of drug-likeness (QED) is 0.536. The third kappa shape index (κ3) is 3.18. The predicted molar refractivity (Wildman–Crippen MR) is 109 cm³/mol. The molecule has 0 saturated carbocycles. The molecule has 1 saturated heterocycles. The Bertz CT molecular complexity index is 1060. The summed E-state index contributed by atoms with van der Waals surface area (Å²) in [5.74, 6) is 1.75. The normalized spacial score (nSPS) is 14.6. The number of fused-ring (bicyclic) bond motifs is 1. The molecule has 1 aromatic carbocycles. The van der Waals surface area contributed by atoms with E-state index in [2.05, 4.69) is 28.1 Å². The summed E-state index contributed by atoms with van der Waals surface area (Å²) in [5, 5.41) is 1.09. The minimum absolute atomic E-state index is 0.726. The smallest absolute Gasteiger partial charge is 0.163 e. The van der Waals surface area contributed by atoms with E-state index in [0.717, 1.165) is 64.3 Å². The summed E-state index contributed by atoms with van der Waals surface area (Å²) in [6, 6.07) is 18.3. The van der Waals surface area contributed by atoms with Crippen LogP contribution in [-0.2, 0) is 4.74 Å². The number of benzene rings is 1. The maximum Gasteiger partial charge on any atom is 0.163 e. The molecule has 1 aliphatic rings. The molecule has 27 heavy (non-hydrogen) atoms. The minimum atomic E-state index is 0.726. The number of thiophene rings is 1. The lowest BCUT2D eigenvalue weighted by Crippen LogP contribution is -2.37. The van der Waals surface area contributed by atoms with E-state index in [4.69, 9.17) is 14.7 Å². The van der Waals surface area contributed by atoms with E-state index in [9.17, 15) is 0 Å². The average molecular weight is 374 g/mol. The van der Waals surface area contributed by atoms with Crippen LogP contribution in [0.15, 0.2) is 60.8 Å². The fraction of sp³-hybridized carbons (Fsp3) is 0.190. The maximum absolute atomic E-state index is 5.53. The zero-order valence-electron chi connectivity index (χ0n) is 14.7. The van der Waals surface area contributed by atoms with Gasteiger partial charge in [-0.15, -0.1) is 11.3 Å². The van der Waals surface area contributed by atoms with Gasteiger partial charge in [-0.2, -0.15) is 0 Å². The third-order valence-electron chi connectivity index (χ3n) is 4.63. The van der Waals surface area contributed by atoms with Gasteiger partial charge in [0.2, 0.25) is 0 Å². The first kappa shape index (κ1) is 16.4. The predicted octanol–water partition coefficient (Wildman–Crippen LogP) is 4.26. The molecule has 6 heteroatoms. The summed E-state index contributed by atoms with van der Waals surface area (Å²) in [6.07, 6.45) is 1.82. The van der Waals surface area contributed by atoms with E-state index < -0.39 is 0 Å². The number of rotatable bonds is 3. The van der Waals surface area contributed by atoms with Gasteiger partial charge in [-0.25, -0.2) is 9.97 Å². The fourth-order valence-corrected chi connectivity index (χ4v) is 4.28. The highest BCUT2D eigenvalue weighted by Gasteiger charge is 2.20. The molecule has 1 fully saturated rings. The zero-order chi connectivity index (χ0) is 18.1. The van der Waals surface area contributed by atoms with Gasteiger partial charge in [-0.1, -0.05) is 36.4 Å². The molecule has 0 radical (unpaired) electrons. The number of pyridine rings is 1. The van der Waals surface area contributed by atoms with Gasteiger partial charge >= 0.3 is 0 Å².